The quantitative estimate of drug-likeness (QED) is 0.874. The van der Waals surface area contributed by atoms with Crippen LogP contribution in [0.15, 0.2) is 28.9 Å². The molecule has 0 unspecified atom stereocenters. The number of hydrogen-bond acceptors (Lipinski definition) is 4. The fraction of sp³-hybridized carbons (Fsp3) is 0.389. The molecule has 0 bridgehead atoms. The van der Waals surface area contributed by atoms with Crippen molar-refractivity contribution >= 4 is 5.91 Å². The minimum Gasteiger partial charge on any atom is -0.493 e. The summed E-state index contributed by atoms with van der Waals surface area (Å²) in [6, 6.07) is 5.78. The van der Waals surface area contributed by atoms with Gasteiger partial charge in [-0.2, -0.15) is 0 Å². The van der Waals surface area contributed by atoms with Crippen molar-refractivity contribution in [3.63, 3.8) is 0 Å². The number of aryl methyl sites for hydroxylation is 1. The Kier molecular flexibility index (Phi) is 4.28. The fourth-order valence-corrected chi connectivity index (χ4v) is 3.03. The zero-order chi connectivity index (χ0) is 16.4. The number of fused-ring (bicyclic) bond motifs is 1. The summed E-state index contributed by atoms with van der Waals surface area (Å²) >= 11 is 0. The second kappa shape index (κ2) is 6.36. The molecule has 0 N–H and O–H groups in total. The van der Waals surface area contributed by atoms with Crippen molar-refractivity contribution in [3.8, 4) is 11.5 Å². The molecule has 0 saturated carbocycles. The Bertz CT molecular complexity index is 685. The van der Waals surface area contributed by atoms with Gasteiger partial charge in [0.25, 0.3) is 5.91 Å². The SMILES string of the molecule is COc1cc2c(cc1OC)CCN(C(=O)c1ccoc1C)CC2. The summed E-state index contributed by atoms with van der Waals surface area (Å²) in [6.45, 7) is 3.19. The minimum absolute atomic E-state index is 0.0305. The Morgan fingerprint density at radius 1 is 1.09 bits per heavy atom. The third-order valence-electron chi connectivity index (χ3n) is 4.38. The number of furan rings is 1. The smallest absolute Gasteiger partial charge is 0.257 e. The second-order valence-electron chi connectivity index (χ2n) is 5.66. The molecule has 1 amide bonds. The average molecular weight is 315 g/mol. The van der Waals surface area contributed by atoms with Gasteiger partial charge < -0.3 is 18.8 Å². The molecule has 3 rings (SSSR count). The largest absolute Gasteiger partial charge is 0.493 e. The van der Waals surface area contributed by atoms with Crippen LogP contribution in [0.2, 0.25) is 0 Å². The predicted molar refractivity (Wildman–Crippen MR) is 86.3 cm³/mol. The van der Waals surface area contributed by atoms with Gasteiger partial charge >= 0.3 is 0 Å². The predicted octanol–water partition coefficient (Wildman–Crippen LogP) is 2.85. The van der Waals surface area contributed by atoms with Crippen molar-refractivity contribution in [2.75, 3.05) is 27.3 Å². The third kappa shape index (κ3) is 2.91. The Balaban J connectivity index is 1.82. The maximum atomic E-state index is 12.6. The molecular formula is C18H21NO4. The van der Waals surface area contributed by atoms with Gasteiger partial charge in [-0.05, 0) is 49.1 Å². The summed E-state index contributed by atoms with van der Waals surface area (Å²) in [4.78, 5) is 14.5. The van der Waals surface area contributed by atoms with Crippen molar-refractivity contribution in [1.82, 2.24) is 4.90 Å². The van der Waals surface area contributed by atoms with Crippen LogP contribution < -0.4 is 9.47 Å². The first kappa shape index (κ1) is 15.5. The van der Waals surface area contributed by atoms with E-state index in [9.17, 15) is 4.79 Å². The third-order valence-corrected chi connectivity index (χ3v) is 4.38. The number of hydrogen-bond donors (Lipinski definition) is 0. The molecule has 5 heteroatoms. The monoisotopic (exact) mass is 315 g/mol. The van der Waals surface area contributed by atoms with Gasteiger partial charge in [-0.15, -0.1) is 0 Å². The molecule has 0 aliphatic carbocycles. The molecule has 0 spiro atoms. The first-order chi connectivity index (χ1) is 11.1. The molecular weight excluding hydrogens is 294 g/mol. The first-order valence-corrected chi connectivity index (χ1v) is 7.71. The Hall–Kier alpha value is -2.43. The normalized spacial score (nSPS) is 14.1. The highest BCUT2D eigenvalue weighted by atomic mass is 16.5. The highest BCUT2D eigenvalue weighted by Crippen LogP contribution is 2.32. The van der Waals surface area contributed by atoms with E-state index in [0.717, 1.165) is 24.3 Å². The molecule has 1 aromatic carbocycles. The number of carbonyl (C=O) groups is 1. The summed E-state index contributed by atoms with van der Waals surface area (Å²) in [5, 5.41) is 0. The molecule has 0 fully saturated rings. The number of rotatable bonds is 3. The summed E-state index contributed by atoms with van der Waals surface area (Å²) in [7, 11) is 3.27. The van der Waals surface area contributed by atoms with Crippen molar-refractivity contribution in [1.29, 1.82) is 0 Å². The van der Waals surface area contributed by atoms with Gasteiger partial charge in [-0.1, -0.05) is 0 Å². The molecule has 0 radical (unpaired) electrons. The summed E-state index contributed by atoms with van der Waals surface area (Å²) in [5.74, 6) is 2.16. The molecule has 122 valence electrons. The van der Waals surface area contributed by atoms with Crippen LogP contribution in [0.25, 0.3) is 0 Å². The lowest BCUT2D eigenvalue weighted by Crippen LogP contribution is -2.33. The summed E-state index contributed by atoms with van der Waals surface area (Å²) < 4.78 is 16.0. The summed E-state index contributed by atoms with van der Waals surface area (Å²) in [6.07, 6.45) is 3.17. The van der Waals surface area contributed by atoms with Crippen molar-refractivity contribution < 1.29 is 18.7 Å². The number of amides is 1. The van der Waals surface area contributed by atoms with Gasteiger partial charge in [0.1, 0.15) is 5.76 Å². The maximum absolute atomic E-state index is 12.6. The number of nitrogens with zero attached hydrogens (tertiary/aromatic N) is 1. The van der Waals surface area contributed by atoms with E-state index in [1.807, 2.05) is 24.0 Å². The zero-order valence-electron chi connectivity index (χ0n) is 13.7. The maximum Gasteiger partial charge on any atom is 0.257 e. The van der Waals surface area contributed by atoms with Crippen molar-refractivity contribution in [2.24, 2.45) is 0 Å². The highest BCUT2D eigenvalue weighted by Gasteiger charge is 2.23. The molecule has 23 heavy (non-hydrogen) atoms. The molecule has 5 nitrogen and oxygen atoms in total. The lowest BCUT2D eigenvalue weighted by molar-refractivity contribution is 0.0761. The summed E-state index contributed by atoms with van der Waals surface area (Å²) in [5.41, 5.74) is 3.06. The zero-order valence-corrected chi connectivity index (χ0v) is 13.7. The molecule has 0 atom stereocenters. The lowest BCUT2D eigenvalue weighted by Gasteiger charge is -2.19. The van der Waals surface area contributed by atoms with E-state index in [1.54, 1.807) is 26.5 Å². The van der Waals surface area contributed by atoms with Crippen LogP contribution in [-0.2, 0) is 12.8 Å². The average Bonchev–Trinajstić information content (AvgIpc) is 2.89. The van der Waals surface area contributed by atoms with Crippen LogP contribution in [0.5, 0.6) is 11.5 Å². The van der Waals surface area contributed by atoms with Crippen LogP contribution in [0.4, 0.5) is 0 Å². The van der Waals surface area contributed by atoms with Crippen LogP contribution in [-0.4, -0.2) is 38.1 Å². The van der Waals surface area contributed by atoms with Gasteiger partial charge in [-0.3, -0.25) is 4.79 Å². The first-order valence-electron chi connectivity index (χ1n) is 7.71. The van der Waals surface area contributed by atoms with Crippen molar-refractivity contribution in [3.05, 3.63) is 46.9 Å². The van der Waals surface area contributed by atoms with E-state index < -0.39 is 0 Å². The number of carbonyl (C=O) groups excluding carboxylic acids is 1. The van der Waals surface area contributed by atoms with E-state index in [0.29, 0.717) is 24.4 Å². The fourth-order valence-electron chi connectivity index (χ4n) is 3.03. The number of ether oxygens (including phenoxy) is 2. The second-order valence-corrected chi connectivity index (χ2v) is 5.66. The van der Waals surface area contributed by atoms with Crippen LogP contribution in [0.1, 0.15) is 27.2 Å². The van der Waals surface area contributed by atoms with E-state index in [2.05, 4.69) is 0 Å². The van der Waals surface area contributed by atoms with Crippen LogP contribution in [0.3, 0.4) is 0 Å². The van der Waals surface area contributed by atoms with E-state index in [-0.39, 0.29) is 5.91 Å². The van der Waals surface area contributed by atoms with Crippen LogP contribution in [0, 0.1) is 6.92 Å². The molecule has 1 aliphatic heterocycles. The molecule has 2 aromatic rings. The van der Waals surface area contributed by atoms with Gasteiger partial charge in [0, 0.05) is 13.1 Å². The van der Waals surface area contributed by atoms with E-state index in [1.165, 1.54) is 11.1 Å². The number of methoxy groups -OCH3 is 2. The molecule has 0 saturated heterocycles. The highest BCUT2D eigenvalue weighted by molar-refractivity contribution is 5.95. The topological polar surface area (TPSA) is 51.9 Å². The Morgan fingerprint density at radius 2 is 1.65 bits per heavy atom. The number of benzene rings is 1. The van der Waals surface area contributed by atoms with Gasteiger partial charge in [0.15, 0.2) is 11.5 Å². The van der Waals surface area contributed by atoms with Gasteiger partial charge in [-0.25, -0.2) is 0 Å². The van der Waals surface area contributed by atoms with Crippen molar-refractivity contribution in [2.45, 2.75) is 19.8 Å². The lowest BCUT2D eigenvalue weighted by atomic mass is 10.0. The van der Waals surface area contributed by atoms with E-state index in [4.69, 9.17) is 13.9 Å². The van der Waals surface area contributed by atoms with E-state index >= 15 is 0 Å². The van der Waals surface area contributed by atoms with Gasteiger partial charge in [0.05, 0.1) is 26.0 Å². The molecule has 1 aromatic heterocycles. The minimum atomic E-state index is 0.0305. The Labute approximate surface area is 135 Å². The van der Waals surface area contributed by atoms with Crippen LogP contribution >= 0.6 is 0 Å². The standard InChI is InChI=1S/C18H21NO4/c1-12-15(6-9-23-12)18(20)19-7-4-13-10-16(21-2)17(22-3)11-14(13)5-8-19/h6,9-11H,4-5,7-8H2,1-3H3. The Morgan fingerprint density at radius 3 is 2.09 bits per heavy atom. The molecule has 1 aliphatic rings. The molecule has 2 heterocycles. The van der Waals surface area contributed by atoms with Gasteiger partial charge in [0.2, 0.25) is 0 Å².